The average molecular weight is 504 g/mol. The number of rotatable bonds is 7. The van der Waals surface area contributed by atoms with Crippen LogP contribution in [0, 0.1) is 5.92 Å². The van der Waals surface area contributed by atoms with Gasteiger partial charge in [0.1, 0.15) is 5.02 Å². The number of aromatic nitrogens is 2. The Balaban J connectivity index is 1.31. The quantitative estimate of drug-likeness (QED) is 0.439. The largest absolute Gasteiger partial charge is 0.481 e. The van der Waals surface area contributed by atoms with E-state index in [1.165, 1.54) is 29.5 Å². The Hall–Kier alpha value is -3.16. The van der Waals surface area contributed by atoms with Gasteiger partial charge in [-0.25, -0.2) is 4.98 Å². The number of fused-ring (bicyclic) bond motifs is 2. The summed E-state index contributed by atoms with van der Waals surface area (Å²) >= 11 is 6.58. The summed E-state index contributed by atoms with van der Waals surface area (Å²) < 4.78 is 0. The Bertz CT molecular complexity index is 1330. The van der Waals surface area contributed by atoms with E-state index < -0.39 is 5.97 Å². The highest BCUT2D eigenvalue weighted by atomic mass is 35.5. The molecule has 3 aromatic rings. The predicted octanol–water partition coefficient (Wildman–Crippen LogP) is 5.52. The maximum atomic E-state index is 11.5. The van der Waals surface area contributed by atoms with Crippen LogP contribution < -0.4 is 10.2 Å². The summed E-state index contributed by atoms with van der Waals surface area (Å²) in [7, 11) is 2.17. The molecule has 0 spiro atoms. The number of carbonyl (C=O) groups is 1. The molecule has 6 rings (SSSR count). The van der Waals surface area contributed by atoms with Crippen LogP contribution in [0.15, 0.2) is 42.6 Å². The van der Waals surface area contributed by atoms with E-state index in [-0.39, 0.29) is 12.3 Å². The van der Waals surface area contributed by atoms with E-state index in [9.17, 15) is 9.90 Å². The SMILES string of the molecule is CN1CCc2c(CC3CC3)cc(Nc3ncc(Cl)c(N4CC(CC(=O)O)c5ccccc54)n3)cc2C1. The molecule has 1 atom stereocenters. The Morgan fingerprint density at radius 2 is 2.08 bits per heavy atom. The topological polar surface area (TPSA) is 81.6 Å². The standard InChI is InChI=1S/C28H30ClN5O2/c1-33-9-8-22-18(10-17-6-7-17)11-21(12-19(22)15-33)31-28-30-14-24(29)27(32-28)34-16-20(13-26(35)36)23-4-2-3-5-25(23)34/h2-5,11-12,14,17,20H,6-10,13,15-16H2,1H3,(H,35,36)(H,30,31,32). The number of benzene rings is 2. The minimum absolute atomic E-state index is 0.0642. The third-order valence-corrected chi connectivity index (χ3v) is 7.82. The number of nitrogens with one attached hydrogen (secondary N) is 1. The Morgan fingerprint density at radius 3 is 2.89 bits per heavy atom. The van der Waals surface area contributed by atoms with Gasteiger partial charge in [0.2, 0.25) is 5.95 Å². The third-order valence-electron chi connectivity index (χ3n) is 7.55. The maximum Gasteiger partial charge on any atom is 0.304 e. The van der Waals surface area contributed by atoms with Crippen molar-refractivity contribution in [3.8, 4) is 0 Å². The number of hydrogen-bond acceptors (Lipinski definition) is 6. The van der Waals surface area contributed by atoms with Gasteiger partial charge in [-0.3, -0.25) is 4.79 Å². The summed E-state index contributed by atoms with van der Waals surface area (Å²) in [5.74, 6) is 0.952. The van der Waals surface area contributed by atoms with Crippen molar-refractivity contribution in [3.63, 3.8) is 0 Å². The van der Waals surface area contributed by atoms with Crippen LogP contribution in [0.2, 0.25) is 5.02 Å². The van der Waals surface area contributed by atoms with Gasteiger partial charge in [0.05, 0.1) is 12.6 Å². The number of carboxylic acids is 1. The third kappa shape index (κ3) is 4.65. The molecule has 1 aliphatic carbocycles. The second-order valence-electron chi connectivity index (χ2n) is 10.4. The lowest BCUT2D eigenvalue weighted by Crippen LogP contribution is -2.27. The first-order valence-electron chi connectivity index (χ1n) is 12.7. The molecule has 0 saturated heterocycles. The Labute approximate surface area is 216 Å². The lowest BCUT2D eigenvalue weighted by atomic mass is 9.91. The first kappa shape index (κ1) is 23.3. The Kier molecular flexibility index (Phi) is 6.05. The predicted molar refractivity (Wildman–Crippen MR) is 142 cm³/mol. The molecule has 186 valence electrons. The van der Waals surface area contributed by atoms with E-state index in [0.29, 0.717) is 23.3 Å². The van der Waals surface area contributed by atoms with Crippen molar-refractivity contribution in [2.45, 2.75) is 44.6 Å². The summed E-state index contributed by atoms with van der Waals surface area (Å²) in [6.45, 7) is 2.56. The molecule has 0 bridgehead atoms. The van der Waals surface area contributed by atoms with Crippen molar-refractivity contribution in [1.82, 2.24) is 14.9 Å². The monoisotopic (exact) mass is 503 g/mol. The maximum absolute atomic E-state index is 11.5. The molecular formula is C28H30ClN5O2. The number of hydrogen-bond donors (Lipinski definition) is 2. The highest BCUT2D eigenvalue weighted by Gasteiger charge is 2.33. The molecule has 2 aromatic carbocycles. The minimum atomic E-state index is -0.812. The number of carboxylic acid groups (broad SMARTS) is 1. The molecule has 0 amide bonds. The van der Waals surface area contributed by atoms with Crippen LogP contribution >= 0.6 is 11.6 Å². The van der Waals surface area contributed by atoms with Gasteiger partial charge in [0.15, 0.2) is 5.82 Å². The first-order chi connectivity index (χ1) is 17.4. The van der Waals surface area contributed by atoms with Gasteiger partial charge in [-0.2, -0.15) is 4.98 Å². The minimum Gasteiger partial charge on any atom is -0.481 e. The van der Waals surface area contributed by atoms with Gasteiger partial charge in [-0.15, -0.1) is 0 Å². The van der Waals surface area contributed by atoms with Crippen LogP contribution in [0.3, 0.4) is 0 Å². The number of nitrogens with zero attached hydrogens (tertiary/aromatic N) is 4. The molecule has 0 radical (unpaired) electrons. The highest BCUT2D eigenvalue weighted by Crippen LogP contribution is 2.44. The van der Waals surface area contributed by atoms with Crippen LogP contribution in [-0.4, -0.2) is 46.1 Å². The first-order valence-corrected chi connectivity index (χ1v) is 13.0. The zero-order chi connectivity index (χ0) is 24.8. The Morgan fingerprint density at radius 1 is 1.25 bits per heavy atom. The lowest BCUT2D eigenvalue weighted by Gasteiger charge is -2.28. The average Bonchev–Trinajstić information content (AvgIpc) is 3.60. The summed E-state index contributed by atoms with van der Waals surface area (Å²) in [6, 6.07) is 12.4. The van der Waals surface area contributed by atoms with Crippen LogP contribution in [0.25, 0.3) is 0 Å². The van der Waals surface area contributed by atoms with Gasteiger partial charge in [-0.1, -0.05) is 29.8 Å². The fourth-order valence-corrected chi connectivity index (χ4v) is 5.83. The zero-order valence-electron chi connectivity index (χ0n) is 20.4. The van der Waals surface area contributed by atoms with Gasteiger partial charge in [0.25, 0.3) is 0 Å². The molecule has 1 aromatic heterocycles. The van der Waals surface area contributed by atoms with Crippen molar-refractivity contribution in [2.75, 3.05) is 30.4 Å². The van der Waals surface area contributed by atoms with E-state index in [0.717, 1.165) is 48.8 Å². The van der Waals surface area contributed by atoms with Gasteiger partial charge < -0.3 is 20.2 Å². The summed E-state index contributed by atoms with van der Waals surface area (Å²) in [5.41, 5.74) is 7.29. The molecule has 3 heterocycles. The molecule has 2 aliphatic heterocycles. The molecule has 1 fully saturated rings. The van der Waals surface area contributed by atoms with Gasteiger partial charge in [-0.05, 0) is 79.1 Å². The fraction of sp³-hybridized carbons (Fsp3) is 0.393. The van der Waals surface area contributed by atoms with Crippen LogP contribution in [0.4, 0.5) is 23.1 Å². The lowest BCUT2D eigenvalue weighted by molar-refractivity contribution is -0.137. The van der Waals surface area contributed by atoms with Crippen LogP contribution in [-0.2, 0) is 24.2 Å². The van der Waals surface area contributed by atoms with E-state index in [4.69, 9.17) is 16.6 Å². The summed E-state index contributed by atoms with van der Waals surface area (Å²) in [5, 5.41) is 13.3. The molecular weight excluding hydrogens is 474 g/mol. The summed E-state index contributed by atoms with van der Waals surface area (Å²) in [4.78, 5) is 25.1. The van der Waals surface area contributed by atoms with Crippen LogP contribution in [0.1, 0.15) is 47.4 Å². The number of anilines is 4. The highest BCUT2D eigenvalue weighted by molar-refractivity contribution is 6.33. The van der Waals surface area contributed by atoms with Gasteiger partial charge in [0, 0.05) is 36.9 Å². The molecule has 7 nitrogen and oxygen atoms in total. The second-order valence-corrected chi connectivity index (χ2v) is 10.8. The number of likely N-dealkylation sites (N-methyl/N-ethyl adjacent to an activating group) is 1. The zero-order valence-corrected chi connectivity index (χ0v) is 21.1. The molecule has 36 heavy (non-hydrogen) atoms. The van der Waals surface area contributed by atoms with Crippen molar-refractivity contribution >= 4 is 40.7 Å². The van der Waals surface area contributed by atoms with E-state index in [2.05, 4.69) is 34.4 Å². The number of aliphatic carboxylic acids is 1. The van der Waals surface area contributed by atoms with Crippen LogP contribution in [0.5, 0.6) is 0 Å². The van der Waals surface area contributed by atoms with Crippen molar-refractivity contribution < 1.29 is 9.90 Å². The van der Waals surface area contributed by atoms with Gasteiger partial charge >= 0.3 is 5.97 Å². The summed E-state index contributed by atoms with van der Waals surface area (Å²) in [6.07, 6.45) is 6.59. The van der Waals surface area contributed by atoms with Crippen molar-refractivity contribution in [1.29, 1.82) is 0 Å². The van der Waals surface area contributed by atoms with E-state index in [1.54, 1.807) is 6.20 Å². The normalized spacial score (nSPS) is 19.2. The smallest absolute Gasteiger partial charge is 0.304 e. The molecule has 8 heteroatoms. The molecule has 3 aliphatic rings. The molecule has 2 N–H and O–H groups in total. The van der Waals surface area contributed by atoms with Crippen molar-refractivity contribution in [3.05, 3.63) is 69.9 Å². The number of halogens is 1. The second kappa shape index (κ2) is 9.37. The van der Waals surface area contributed by atoms with E-state index >= 15 is 0 Å². The fourth-order valence-electron chi connectivity index (χ4n) is 5.64. The molecule has 1 saturated carbocycles. The van der Waals surface area contributed by atoms with E-state index in [1.807, 2.05) is 29.2 Å². The molecule has 1 unspecified atom stereocenters. The number of para-hydroxylation sites is 1. The van der Waals surface area contributed by atoms with Crippen molar-refractivity contribution in [2.24, 2.45) is 5.92 Å².